The lowest BCUT2D eigenvalue weighted by atomic mass is 10.0. The van der Waals surface area contributed by atoms with E-state index in [2.05, 4.69) is 15.0 Å². The van der Waals surface area contributed by atoms with Crippen LogP contribution in [0.4, 0.5) is 0 Å². The zero-order valence-corrected chi connectivity index (χ0v) is 14.5. The molecule has 128 valence electrons. The molecule has 26 heavy (non-hydrogen) atoms. The smallest absolute Gasteiger partial charge is 0.224 e. The van der Waals surface area contributed by atoms with E-state index in [9.17, 15) is 0 Å². The third-order valence-corrected chi connectivity index (χ3v) is 4.18. The number of hydrogen-bond acceptors (Lipinski definition) is 5. The molecular weight excluding hydrogens is 326 g/mol. The van der Waals surface area contributed by atoms with Gasteiger partial charge in [-0.05, 0) is 47.5 Å². The molecule has 5 heteroatoms. The van der Waals surface area contributed by atoms with Crippen LogP contribution in [0.25, 0.3) is 33.4 Å². The molecule has 0 saturated carbocycles. The van der Waals surface area contributed by atoms with Crippen LogP contribution in [0.2, 0.25) is 0 Å². The Hall–Kier alpha value is -3.47. The lowest BCUT2D eigenvalue weighted by Crippen LogP contribution is -1.96. The monoisotopic (exact) mass is 343 g/mol. The highest BCUT2D eigenvalue weighted by molar-refractivity contribution is 5.89. The summed E-state index contributed by atoms with van der Waals surface area (Å²) in [6.45, 7) is 0. The predicted octanol–water partition coefficient (Wildman–Crippen LogP) is 4.38. The fourth-order valence-corrected chi connectivity index (χ4v) is 2.86. The molecule has 0 atom stereocenters. The lowest BCUT2D eigenvalue weighted by molar-refractivity contribution is 0.403. The van der Waals surface area contributed by atoms with Gasteiger partial charge in [0.15, 0.2) is 5.82 Å². The van der Waals surface area contributed by atoms with Crippen molar-refractivity contribution in [1.82, 2.24) is 15.0 Å². The Kier molecular flexibility index (Phi) is 4.19. The molecule has 0 radical (unpaired) electrons. The lowest BCUT2D eigenvalue weighted by Gasteiger charge is -2.10. The van der Waals surface area contributed by atoms with E-state index >= 15 is 0 Å². The van der Waals surface area contributed by atoms with Crippen LogP contribution in [0.1, 0.15) is 0 Å². The van der Waals surface area contributed by atoms with E-state index in [0.717, 1.165) is 33.3 Å². The third kappa shape index (κ3) is 2.95. The van der Waals surface area contributed by atoms with Gasteiger partial charge < -0.3 is 9.47 Å². The van der Waals surface area contributed by atoms with E-state index in [-0.39, 0.29) is 0 Å². The number of hydrogen-bond donors (Lipinski definition) is 0. The van der Waals surface area contributed by atoms with Crippen LogP contribution in [0, 0.1) is 0 Å². The highest BCUT2D eigenvalue weighted by atomic mass is 16.5. The molecule has 0 N–H and O–H groups in total. The summed E-state index contributed by atoms with van der Waals surface area (Å²) in [5.41, 5.74) is 3.78. The Morgan fingerprint density at radius 3 is 2.38 bits per heavy atom. The fraction of sp³-hybridized carbons (Fsp3) is 0.0952. The van der Waals surface area contributed by atoms with Gasteiger partial charge >= 0.3 is 0 Å². The van der Waals surface area contributed by atoms with E-state index in [1.54, 1.807) is 26.6 Å². The Bertz CT molecular complexity index is 1070. The number of benzene rings is 2. The fourth-order valence-electron chi connectivity index (χ4n) is 2.86. The molecule has 5 nitrogen and oxygen atoms in total. The number of pyridine rings is 1. The maximum atomic E-state index is 5.53. The minimum Gasteiger partial charge on any atom is -0.497 e. The van der Waals surface area contributed by atoms with Gasteiger partial charge in [-0.15, -0.1) is 0 Å². The molecule has 0 aliphatic carbocycles. The normalized spacial score (nSPS) is 10.7. The molecule has 4 rings (SSSR count). The van der Waals surface area contributed by atoms with E-state index in [0.29, 0.717) is 11.7 Å². The summed E-state index contributed by atoms with van der Waals surface area (Å²) >= 11 is 0. The molecule has 0 fully saturated rings. The summed E-state index contributed by atoms with van der Waals surface area (Å²) in [7, 11) is 3.28. The van der Waals surface area contributed by atoms with Gasteiger partial charge in [-0.1, -0.05) is 18.2 Å². The van der Waals surface area contributed by atoms with Gasteiger partial charge in [-0.25, -0.2) is 4.98 Å². The Morgan fingerprint density at radius 2 is 1.62 bits per heavy atom. The highest BCUT2D eigenvalue weighted by Gasteiger charge is 2.11. The molecule has 0 amide bonds. The second-order valence-electron chi connectivity index (χ2n) is 5.76. The first kappa shape index (κ1) is 16.0. The first-order valence-electron chi connectivity index (χ1n) is 8.19. The topological polar surface area (TPSA) is 57.1 Å². The molecule has 0 spiro atoms. The predicted molar refractivity (Wildman–Crippen MR) is 101 cm³/mol. The summed E-state index contributed by atoms with van der Waals surface area (Å²) in [5.74, 6) is 1.95. The zero-order valence-electron chi connectivity index (χ0n) is 14.5. The van der Waals surface area contributed by atoms with Gasteiger partial charge in [0.1, 0.15) is 5.75 Å². The van der Waals surface area contributed by atoms with Crippen molar-refractivity contribution in [1.29, 1.82) is 0 Å². The number of rotatable bonds is 4. The Morgan fingerprint density at radius 1 is 0.769 bits per heavy atom. The molecule has 2 aromatic heterocycles. The van der Waals surface area contributed by atoms with Crippen LogP contribution in [0.5, 0.6) is 11.6 Å². The molecule has 0 aliphatic rings. The molecule has 0 aliphatic heterocycles. The van der Waals surface area contributed by atoms with Gasteiger partial charge in [0, 0.05) is 18.0 Å². The van der Waals surface area contributed by atoms with Crippen molar-refractivity contribution >= 4 is 10.9 Å². The summed E-state index contributed by atoms with van der Waals surface area (Å²) in [5, 5.41) is 0.862. The van der Waals surface area contributed by atoms with Gasteiger partial charge in [0.25, 0.3) is 0 Å². The van der Waals surface area contributed by atoms with Crippen LogP contribution in [-0.2, 0) is 0 Å². The van der Waals surface area contributed by atoms with E-state index in [4.69, 9.17) is 9.47 Å². The van der Waals surface area contributed by atoms with Gasteiger partial charge in [-0.3, -0.25) is 4.98 Å². The number of nitrogens with zero attached hydrogens (tertiary/aromatic N) is 3. The standard InChI is InChI=1S/C21H17N3O2/c1-25-17-7-3-5-14(11-17)15-8-9-19-18(12-15)21(26-2)24-20(23-19)16-6-4-10-22-13-16/h3-13H,1-2H3. The summed E-state index contributed by atoms with van der Waals surface area (Å²) in [6, 6.07) is 17.8. The molecule has 2 heterocycles. The summed E-state index contributed by atoms with van der Waals surface area (Å²) in [6.07, 6.45) is 3.47. The third-order valence-electron chi connectivity index (χ3n) is 4.18. The van der Waals surface area contributed by atoms with E-state index < -0.39 is 0 Å². The quantitative estimate of drug-likeness (QED) is 0.550. The number of fused-ring (bicyclic) bond motifs is 1. The highest BCUT2D eigenvalue weighted by Crippen LogP contribution is 2.31. The van der Waals surface area contributed by atoms with Crippen LogP contribution in [0.3, 0.4) is 0 Å². The van der Waals surface area contributed by atoms with Crippen LogP contribution < -0.4 is 9.47 Å². The van der Waals surface area contributed by atoms with Crippen molar-refractivity contribution in [3.05, 3.63) is 67.0 Å². The van der Waals surface area contributed by atoms with Gasteiger partial charge in [0.2, 0.25) is 5.88 Å². The van der Waals surface area contributed by atoms with Crippen molar-refractivity contribution in [2.24, 2.45) is 0 Å². The second-order valence-corrected chi connectivity index (χ2v) is 5.76. The van der Waals surface area contributed by atoms with Crippen molar-refractivity contribution < 1.29 is 9.47 Å². The van der Waals surface area contributed by atoms with Crippen LogP contribution in [0.15, 0.2) is 67.0 Å². The molecule has 0 unspecified atom stereocenters. The van der Waals surface area contributed by atoms with Crippen molar-refractivity contribution in [3.63, 3.8) is 0 Å². The van der Waals surface area contributed by atoms with Crippen molar-refractivity contribution in [2.45, 2.75) is 0 Å². The molecule has 0 bridgehead atoms. The molecule has 0 saturated heterocycles. The average molecular weight is 343 g/mol. The summed E-state index contributed by atoms with van der Waals surface area (Å²) < 4.78 is 10.8. The molecule has 2 aromatic carbocycles. The Balaban J connectivity index is 1.86. The largest absolute Gasteiger partial charge is 0.497 e. The average Bonchev–Trinajstić information content (AvgIpc) is 2.73. The number of ether oxygens (including phenoxy) is 2. The van der Waals surface area contributed by atoms with Crippen molar-refractivity contribution in [2.75, 3.05) is 14.2 Å². The van der Waals surface area contributed by atoms with Crippen molar-refractivity contribution in [3.8, 4) is 34.1 Å². The molecular formula is C21H17N3O2. The van der Waals surface area contributed by atoms with Crippen LogP contribution in [-0.4, -0.2) is 29.2 Å². The molecule has 4 aromatic rings. The summed E-state index contributed by atoms with van der Waals surface area (Å²) in [4.78, 5) is 13.4. The number of methoxy groups -OCH3 is 2. The van der Waals surface area contributed by atoms with Crippen LogP contribution >= 0.6 is 0 Å². The first-order valence-corrected chi connectivity index (χ1v) is 8.19. The van der Waals surface area contributed by atoms with E-state index in [1.165, 1.54) is 0 Å². The second kappa shape index (κ2) is 6.80. The first-order chi connectivity index (χ1) is 12.8. The minimum atomic E-state index is 0.540. The minimum absolute atomic E-state index is 0.540. The maximum absolute atomic E-state index is 5.53. The van der Waals surface area contributed by atoms with Gasteiger partial charge in [0.05, 0.1) is 25.1 Å². The van der Waals surface area contributed by atoms with Gasteiger partial charge in [-0.2, -0.15) is 4.98 Å². The SMILES string of the molecule is COc1cccc(-c2ccc3nc(-c4cccnc4)nc(OC)c3c2)c1. The Labute approximate surface area is 151 Å². The zero-order chi connectivity index (χ0) is 17.9. The van der Waals surface area contributed by atoms with E-state index in [1.807, 2.05) is 54.6 Å². The number of aromatic nitrogens is 3. The maximum Gasteiger partial charge on any atom is 0.224 e.